The third-order valence-electron chi connectivity index (χ3n) is 4.36. The average Bonchev–Trinajstić information content (AvgIpc) is 3.13. The van der Waals surface area contributed by atoms with Crippen molar-refractivity contribution >= 4 is 17.4 Å². The van der Waals surface area contributed by atoms with Gasteiger partial charge in [0.25, 0.3) is 0 Å². The second kappa shape index (κ2) is 5.43. The molecule has 23 heavy (non-hydrogen) atoms. The van der Waals surface area contributed by atoms with Gasteiger partial charge in [0.2, 0.25) is 0 Å². The van der Waals surface area contributed by atoms with Gasteiger partial charge in [0.05, 0.1) is 11.4 Å². The van der Waals surface area contributed by atoms with Gasteiger partial charge in [-0.1, -0.05) is 35.9 Å². The highest BCUT2D eigenvalue weighted by Crippen LogP contribution is 2.35. The SMILES string of the molecule is Cc1ccc(C)c(-n2nc(-c3ccc(Cl)cc3)c3c2NCC3)c1. The largest absolute Gasteiger partial charge is 0.369 e. The molecule has 0 unspecified atom stereocenters. The minimum absolute atomic E-state index is 0.748. The van der Waals surface area contributed by atoms with Crippen LogP contribution in [0.5, 0.6) is 0 Å². The Kier molecular flexibility index (Phi) is 3.38. The minimum atomic E-state index is 0.748. The van der Waals surface area contributed by atoms with Crippen molar-refractivity contribution in [3.63, 3.8) is 0 Å². The number of nitrogens with zero attached hydrogens (tertiary/aromatic N) is 2. The van der Waals surface area contributed by atoms with Crippen LogP contribution >= 0.6 is 11.6 Å². The van der Waals surface area contributed by atoms with Crippen LogP contribution in [0.15, 0.2) is 42.5 Å². The van der Waals surface area contributed by atoms with E-state index in [1.807, 2.05) is 24.3 Å². The summed E-state index contributed by atoms with van der Waals surface area (Å²) in [6.45, 7) is 5.19. The molecule has 0 aliphatic carbocycles. The van der Waals surface area contributed by atoms with Crippen molar-refractivity contribution in [2.45, 2.75) is 20.3 Å². The van der Waals surface area contributed by atoms with Crippen LogP contribution in [0.3, 0.4) is 0 Å². The molecule has 0 atom stereocenters. The quantitative estimate of drug-likeness (QED) is 0.735. The highest BCUT2D eigenvalue weighted by atomic mass is 35.5. The molecular formula is C19H18ClN3. The van der Waals surface area contributed by atoms with Crippen LogP contribution in [-0.4, -0.2) is 16.3 Å². The second-order valence-corrected chi connectivity index (χ2v) is 6.50. The van der Waals surface area contributed by atoms with Crippen LogP contribution in [-0.2, 0) is 6.42 Å². The Hall–Kier alpha value is -2.26. The van der Waals surface area contributed by atoms with Gasteiger partial charge in [-0.05, 0) is 49.6 Å². The van der Waals surface area contributed by atoms with E-state index in [2.05, 4.69) is 42.0 Å². The predicted octanol–water partition coefficient (Wildman–Crippen LogP) is 4.78. The summed E-state index contributed by atoms with van der Waals surface area (Å²) in [6, 6.07) is 14.4. The second-order valence-electron chi connectivity index (χ2n) is 6.06. The third kappa shape index (κ3) is 2.41. The van der Waals surface area contributed by atoms with E-state index < -0.39 is 0 Å². The van der Waals surface area contributed by atoms with Crippen molar-refractivity contribution in [1.29, 1.82) is 0 Å². The Morgan fingerprint density at radius 1 is 1.09 bits per heavy atom. The first kappa shape index (κ1) is 14.3. The summed E-state index contributed by atoms with van der Waals surface area (Å²) in [5.41, 5.74) is 7.03. The number of hydrogen-bond acceptors (Lipinski definition) is 2. The number of aromatic nitrogens is 2. The summed E-state index contributed by atoms with van der Waals surface area (Å²) in [5, 5.41) is 9.15. The van der Waals surface area contributed by atoms with Gasteiger partial charge in [0.1, 0.15) is 5.82 Å². The molecular weight excluding hydrogens is 306 g/mol. The number of rotatable bonds is 2. The van der Waals surface area contributed by atoms with Crippen molar-refractivity contribution in [1.82, 2.24) is 9.78 Å². The lowest BCUT2D eigenvalue weighted by molar-refractivity contribution is 0.874. The molecule has 2 heterocycles. The Morgan fingerprint density at radius 2 is 1.87 bits per heavy atom. The molecule has 0 radical (unpaired) electrons. The molecule has 1 aliphatic rings. The van der Waals surface area contributed by atoms with Gasteiger partial charge in [-0.3, -0.25) is 0 Å². The first-order chi connectivity index (χ1) is 11.1. The molecule has 4 heteroatoms. The van der Waals surface area contributed by atoms with Crippen molar-refractivity contribution in [3.05, 3.63) is 64.2 Å². The zero-order valence-corrected chi connectivity index (χ0v) is 14.0. The summed E-state index contributed by atoms with van der Waals surface area (Å²) in [5.74, 6) is 1.11. The van der Waals surface area contributed by atoms with Crippen LogP contribution in [0.1, 0.15) is 16.7 Å². The van der Waals surface area contributed by atoms with Gasteiger partial charge in [-0.2, -0.15) is 5.10 Å². The van der Waals surface area contributed by atoms with E-state index in [0.29, 0.717) is 0 Å². The third-order valence-corrected chi connectivity index (χ3v) is 4.61. The van der Waals surface area contributed by atoms with Gasteiger partial charge in [0.15, 0.2) is 0 Å². The molecule has 0 fully saturated rings. The monoisotopic (exact) mass is 323 g/mol. The highest BCUT2D eigenvalue weighted by Gasteiger charge is 2.24. The molecule has 4 rings (SSSR count). The zero-order valence-electron chi connectivity index (χ0n) is 13.2. The van der Waals surface area contributed by atoms with Crippen LogP contribution < -0.4 is 5.32 Å². The molecule has 1 N–H and O–H groups in total. The molecule has 1 aliphatic heterocycles. The lowest BCUT2D eigenvalue weighted by Crippen LogP contribution is -2.06. The molecule has 0 spiro atoms. The fraction of sp³-hybridized carbons (Fsp3) is 0.211. The summed E-state index contributed by atoms with van der Waals surface area (Å²) in [4.78, 5) is 0. The maximum atomic E-state index is 6.02. The molecule has 3 aromatic rings. The Labute approximate surface area is 140 Å². The predicted molar refractivity (Wildman–Crippen MR) is 95.7 cm³/mol. The first-order valence-electron chi connectivity index (χ1n) is 7.83. The number of anilines is 1. The van der Waals surface area contributed by atoms with Crippen molar-refractivity contribution in [3.8, 4) is 16.9 Å². The molecule has 0 saturated heterocycles. The van der Waals surface area contributed by atoms with E-state index in [0.717, 1.165) is 40.8 Å². The number of benzene rings is 2. The smallest absolute Gasteiger partial charge is 0.133 e. The summed E-state index contributed by atoms with van der Waals surface area (Å²) in [7, 11) is 0. The fourth-order valence-electron chi connectivity index (χ4n) is 3.14. The van der Waals surface area contributed by atoms with Gasteiger partial charge in [0, 0.05) is 22.7 Å². The van der Waals surface area contributed by atoms with E-state index in [4.69, 9.17) is 16.7 Å². The van der Waals surface area contributed by atoms with Crippen LogP contribution in [0, 0.1) is 13.8 Å². The first-order valence-corrected chi connectivity index (χ1v) is 8.20. The number of aryl methyl sites for hydroxylation is 2. The molecule has 3 nitrogen and oxygen atoms in total. The van der Waals surface area contributed by atoms with E-state index in [-0.39, 0.29) is 0 Å². The molecule has 1 aromatic heterocycles. The molecule has 0 amide bonds. The van der Waals surface area contributed by atoms with Gasteiger partial charge in [-0.25, -0.2) is 4.68 Å². The maximum absolute atomic E-state index is 6.02. The lowest BCUT2D eigenvalue weighted by Gasteiger charge is -2.10. The molecule has 2 aromatic carbocycles. The molecule has 0 saturated carbocycles. The van der Waals surface area contributed by atoms with E-state index in [1.54, 1.807) is 0 Å². The summed E-state index contributed by atoms with van der Waals surface area (Å²) < 4.78 is 2.05. The maximum Gasteiger partial charge on any atom is 0.133 e. The summed E-state index contributed by atoms with van der Waals surface area (Å²) in [6.07, 6.45) is 0.998. The van der Waals surface area contributed by atoms with Gasteiger partial charge in [-0.15, -0.1) is 0 Å². The van der Waals surface area contributed by atoms with Gasteiger partial charge < -0.3 is 5.32 Å². The van der Waals surface area contributed by atoms with E-state index in [1.165, 1.54) is 16.7 Å². The van der Waals surface area contributed by atoms with Crippen molar-refractivity contribution in [2.24, 2.45) is 0 Å². The average molecular weight is 324 g/mol. The Bertz CT molecular complexity index is 878. The topological polar surface area (TPSA) is 29.9 Å². The standard InChI is InChI=1S/C19H18ClN3/c1-12-3-4-13(2)17(11-12)23-19-16(9-10-21-19)18(22-23)14-5-7-15(20)8-6-14/h3-8,11,21H,9-10H2,1-2H3. The van der Waals surface area contributed by atoms with E-state index >= 15 is 0 Å². The fourth-order valence-corrected chi connectivity index (χ4v) is 3.26. The zero-order chi connectivity index (χ0) is 16.0. The molecule has 0 bridgehead atoms. The normalized spacial score (nSPS) is 13.0. The lowest BCUT2D eigenvalue weighted by atomic mass is 10.1. The van der Waals surface area contributed by atoms with Crippen molar-refractivity contribution in [2.75, 3.05) is 11.9 Å². The Balaban J connectivity index is 1.91. The highest BCUT2D eigenvalue weighted by molar-refractivity contribution is 6.30. The Morgan fingerprint density at radius 3 is 2.65 bits per heavy atom. The summed E-state index contributed by atoms with van der Waals surface area (Å²) >= 11 is 6.02. The van der Waals surface area contributed by atoms with Crippen LogP contribution in [0.25, 0.3) is 16.9 Å². The number of fused-ring (bicyclic) bond motifs is 1. The number of hydrogen-bond donors (Lipinski definition) is 1. The van der Waals surface area contributed by atoms with Gasteiger partial charge >= 0.3 is 0 Å². The molecule has 116 valence electrons. The number of halogens is 1. The van der Waals surface area contributed by atoms with E-state index in [9.17, 15) is 0 Å². The minimum Gasteiger partial charge on any atom is -0.369 e. The van der Waals surface area contributed by atoms with Crippen LogP contribution in [0.4, 0.5) is 5.82 Å². The number of nitrogens with one attached hydrogen (secondary N) is 1. The van der Waals surface area contributed by atoms with Crippen molar-refractivity contribution < 1.29 is 0 Å². The van der Waals surface area contributed by atoms with Crippen LogP contribution in [0.2, 0.25) is 5.02 Å².